The van der Waals surface area contributed by atoms with Gasteiger partial charge < -0.3 is 0 Å². The molecule has 66 valence electrons. The Morgan fingerprint density at radius 1 is 1.55 bits per heavy atom. The van der Waals surface area contributed by atoms with E-state index >= 15 is 0 Å². The predicted octanol–water partition coefficient (Wildman–Crippen LogP) is 2.92. The molecule has 0 fully saturated rings. The molecule has 0 aromatic heterocycles. The minimum atomic E-state index is -2.12. The third-order valence-electron chi connectivity index (χ3n) is 1.14. The van der Waals surface area contributed by atoms with Crippen LogP contribution in [0.2, 0.25) is 5.25 Å². The molecule has 0 saturated heterocycles. The zero-order valence-corrected chi connectivity index (χ0v) is 13.1. The van der Waals surface area contributed by atoms with Crippen LogP contribution in [-0.4, -0.2) is 20.8 Å². The molecule has 11 heavy (non-hydrogen) atoms. The van der Waals surface area contributed by atoms with Crippen LogP contribution >= 0.6 is 42.0 Å². The first-order valence-corrected chi connectivity index (χ1v) is 19.2. The van der Waals surface area contributed by atoms with Gasteiger partial charge in [-0.2, -0.15) is 0 Å². The summed E-state index contributed by atoms with van der Waals surface area (Å²) in [4.78, 5) is 10.9. The number of carbonyl (C=O) groups excluding carboxylic acids is 1. The quantitative estimate of drug-likeness (QED) is 0.525. The molecule has 0 aliphatic heterocycles. The molecular weight excluding hydrogens is 404 g/mol. The van der Waals surface area contributed by atoms with E-state index in [-0.39, 0.29) is 11.9 Å². The van der Waals surface area contributed by atoms with Gasteiger partial charge in [-0.15, -0.1) is 0 Å². The van der Waals surface area contributed by atoms with Crippen molar-refractivity contribution in [3.8, 4) is 0 Å². The third kappa shape index (κ3) is 6.60. The topological polar surface area (TPSA) is 26.3 Å². The van der Waals surface area contributed by atoms with Gasteiger partial charge in [0.05, 0.1) is 0 Å². The first kappa shape index (κ1) is 12.5. The van der Waals surface area contributed by atoms with Crippen molar-refractivity contribution >= 4 is 55.7 Å². The third-order valence-corrected chi connectivity index (χ3v) is 8.44. The molecule has 0 saturated carbocycles. The van der Waals surface area contributed by atoms with E-state index in [1.165, 1.54) is 7.11 Å². The molecule has 0 spiro atoms. The van der Waals surface area contributed by atoms with Crippen LogP contribution in [0.4, 0.5) is 0 Å². The van der Waals surface area contributed by atoms with Crippen molar-refractivity contribution in [2.24, 2.45) is 5.92 Å². The fourth-order valence-corrected chi connectivity index (χ4v) is 10.0. The molecular formula is C5H9Br3GeO2. The normalized spacial score (nSPS) is 14.3. The van der Waals surface area contributed by atoms with Gasteiger partial charge in [-0.1, -0.05) is 0 Å². The number of rotatable bonds is 3. The monoisotopic (exact) mass is 412 g/mol. The van der Waals surface area contributed by atoms with Crippen molar-refractivity contribution in [3.63, 3.8) is 0 Å². The fourth-order valence-electron chi connectivity index (χ4n) is 0.632. The maximum atomic E-state index is 10.9. The summed E-state index contributed by atoms with van der Waals surface area (Å²) in [6.07, 6.45) is 0. The van der Waals surface area contributed by atoms with Gasteiger partial charge in [-0.05, 0) is 0 Å². The van der Waals surface area contributed by atoms with Crippen LogP contribution < -0.4 is 0 Å². The molecule has 1 atom stereocenters. The van der Waals surface area contributed by atoms with E-state index in [0.717, 1.165) is 5.25 Å². The molecule has 2 nitrogen and oxygen atoms in total. The van der Waals surface area contributed by atoms with E-state index in [1.807, 2.05) is 6.92 Å². The van der Waals surface area contributed by atoms with Crippen LogP contribution in [0.25, 0.3) is 0 Å². The Balaban J connectivity index is 3.87. The van der Waals surface area contributed by atoms with Crippen molar-refractivity contribution in [3.05, 3.63) is 0 Å². The minimum absolute atomic E-state index is 0.0434. The number of hydrogen-bond acceptors (Lipinski definition) is 2. The summed E-state index contributed by atoms with van der Waals surface area (Å²) in [5, 5.41) is 0.812. The first-order chi connectivity index (χ1) is 4.87. The Kier molecular flexibility index (Phi) is 5.93. The van der Waals surface area contributed by atoms with Crippen LogP contribution in [0.1, 0.15) is 6.92 Å². The van der Waals surface area contributed by atoms with Crippen molar-refractivity contribution in [2.45, 2.75) is 12.2 Å². The molecule has 0 aliphatic carbocycles. The van der Waals surface area contributed by atoms with Gasteiger partial charge in [-0.3, -0.25) is 0 Å². The zero-order chi connectivity index (χ0) is 9.07. The Labute approximate surface area is 89.7 Å². The molecule has 1 unspecified atom stereocenters. The van der Waals surface area contributed by atoms with Crippen molar-refractivity contribution in [2.75, 3.05) is 7.11 Å². The van der Waals surface area contributed by atoms with Gasteiger partial charge in [0, 0.05) is 0 Å². The summed E-state index contributed by atoms with van der Waals surface area (Å²) in [5.74, 6) is -0.198. The molecule has 0 bridgehead atoms. The Hall–Kier alpha value is 1.45. The van der Waals surface area contributed by atoms with Crippen molar-refractivity contribution in [1.82, 2.24) is 0 Å². The van der Waals surface area contributed by atoms with Gasteiger partial charge >= 0.3 is 90.5 Å². The first-order valence-electron chi connectivity index (χ1n) is 3.01. The van der Waals surface area contributed by atoms with E-state index in [4.69, 9.17) is 0 Å². The Bertz CT molecular complexity index is 145. The Morgan fingerprint density at radius 3 is 2.27 bits per heavy atom. The van der Waals surface area contributed by atoms with Crippen LogP contribution in [0, 0.1) is 5.92 Å². The number of esters is 1. The van der Waals surface area contributed by atoms with Gasteiger partial charge in [0.15, 0.2) is 0 Å². The van der Waals surface area contributed by atoms with Gasteiger partial charge in [-0.25, -0.2) is 0 Å². The molecule has 0 aromatic carbocycles. The molecule has 0 radical (unpaired) electrons. The summed E-state index contributed by atoms with van der Waals surface area (Å²) in [7, 11) is -0.711. The Morgan fingerprint density at radius 2 is 2.00 bits per heavy atom. The molecule has 6 heteroatoms. The number of ether oxygens (including phenoxy) is 1. The summed E-state index contributed by atoms with van der Waals surface area (Å²) in [6.45, 7) is 1.86. The van der Waals surface area contributed by atoms with Crippen molar-refractivity contribution < 1.29 is 9.53 Å². The maximum absolute atomic E-state index is 10.9. The molecule has 0 N–H and O–H groups in total. The number of carbonyl (C=O) groups is 1. The molecule has 0 heterocycles. The van der Waals surface area contributed by atoms with Crippen LogP contribution in [0.3, 0.4) is 0 Å². The number of hydrogen-bond donors (Lipinski definition) is 0. The van der Waals surface area contributed by atoms with E-state index in [9.17, 15) is 4.79 Å². The second kappa shape index (κ2) is 5.24. The zero-order valence-electron chi connectivity index (χ0n) is 6.23. The number of halogens is 3. The van der Waals surface area contributed by atoms with Gasteiger partial charge in [0.1, 0.15) is 0 Å². The molecule has 0 rings (SSSR count). The number of methoxy groups -OCH3 is 1. The second-order valence-corrected chi connectivity index (χ2v) is 43.4. The van der Waals surface area contributed by atoms with Crippen molar-refractivity contribution in [1.29, 1.82) is 0 Å². The van der Waals surface area contributed by atoms with E-state index in [2.05, 4.69) is 46.7 Å². The van der Waals surface area contributed by atoms with Gasteiger partial charge in [0.2, 0.25) is 0 Å². The average molecular weight is 413 g/mol. The average Bonchev–Trinajstić information content (AvgIpc) is 1.82. The fraction of sp³-hybridized carbons (Fsp3) is 0.800. The van der Waals surface area contributed by atoms with Crippen LogP contribution in [-0.2, 0) is 9.53 Å². The summed E-state index contributed by atoms with van der Waals surface area (Å²) >= 11 is 10.5. The van der Waals surface area contributed by atoms with E-state index < -0.39 is 7.74 Å². The SMILES string of the molecule is COC(=O)C(C)[CH2][Ge]([Br])([Br])[Br]. The van der Waals surface area contributed by atoms with Crippen LogP contribution in [0.5, 0.6) is 0 Å². The van der Waals surface area contributed by atoms with Crippen LogP contribution in [0.15, 0.2) is 0 Å². The molecule has 0 amide bonds. The van der Waals surface area contributed by atoms with E-state index in [0.29, 0.717) is 0 Å². The molecule has 0 aromatic rings. The summed E-state index contributed by atoms with van der Waals surface area (Å²) < 4.78 is 4.59. The van der Waals surface area contributed by atoms with Gasteiger partial charge in [0.25, 0.3) is 0 Å². The summed E-state index contributed by atoms with van der Waals surface area (Å²) in [6, 6.07) is 0. The molecule has 0 aliphatic rings. The summed E-state index contributed by atoms with van der Waals surface area (Å²) in [5.41, 5.74) is 0. The standard InChI is InChI=1S/C5H9Br3GeO2/c1-4(5(10)11-2)3-9(6,7)8/h4H,3H2,1-2H3. The second-order valence-electron chi connectivity index (χ2n) is 2.24. The van der Waals surface area contributed by atoms with E-state index in [1.54, 1.807) is 0 Å². The predicted molar refractivity (Wildman–Crippen MR) is 58.5 cm³/mol.